The molecule has 6 N–H and O–H groups in total. The van der Waals surface area contributed by atoms with Gasteiger partial charge in [0.15, 0.2) is 0 Å². The molecule has 0 atom stereocenters. The lowest BCUT2D eigenvalue weighted by Crippen LogP contribution is -2.33. The van der Waals surface area contributed by atoms with E-state index in [2.05, 4.69) is 5.10 Å². The molecule has 0 bridgehead atoms. The van der Waals surface area contributed by atoms with Crippen LogP contribution in [-0.4, -0.2) is 20.9 Å². The average molecular weight is 281 g/mol. The van der Waals surface area contributed by atoms with Crippen molar-refractivity contribution in [3.05, 3.63) is 41.2 Å². The fourth-order valence-corrected chi connectivity index (χ4v) is 1.74. The molecule has 1 aromatic heterocycles. The molecule has 0 radical (unpaired) electrons. The Bertz CT molecular complexity index is 611. The largest absolute Gasteiger partial charge is 0.396 e. The van der Waals surface area contributed by atoms with Gasteiger partial charge in [0, 0.05) is 11.6 Å². The van der Waals surface area contributed by atoms with Crippen molar-refractivity contribution in [2.45, 2.75) is 6.54 Å². The van der Waals surface area contributed by atoms with Crippen molar-refractivity contribution in [1.82, 2.24) is 9.78 Å². The normalized spacial score (nSPS) is 10.5. The number of rotatable bonds is 2. The van der Waals surface area contributed by atoms with Gasteiger partial charge in [-0.3, -0.25) is 10.6 Å². The molecule has 7 nitrogen and oxygen atoms in total. The lowest BCUT2D eigenvalue weighted by Gasteiger charge is -2.20. The summed E-state index contributed by atoms with van der Waals surface area (Å²) in [7, 11) is 0. The number of nitrogens with one attached hydrogen (secondary N) is 1. The Kier molecular flexibility index (Phi) is 3.70. The van der Waals surface area contributed by atoms with Gasteiger partial charge in [0.05, 0.1) is 23.8 Å². The Labute approximate surface area is 114 Å². The van der Waals surface area contributed by atoms with Gasteiger partial charge in [-0.25, -0.2) is 4.68 Å². The Morgan fingerprint density at radius 2 is 2.26 bits per heavy atom. The Hall–Kier alpha value is -2.09. The van der Waals surface area contributed by atoms with Gasteiger partial charge >= 0.3 is 0 Å². The van der Waals surface area contributed by atoms with E-state index in [9.17, 15) is 5.21 Å². The van der Waals surface area contributed by atoms with Gasteiger partial charge in [0.25, 0.3) is 0 Å². The fourth-order valence-electron chi connectivity index (χ4n) is 1.57. The first kappa shape index (κ1) is 13.3. The van der Waals surface area contributed by atoms with E-state index in [1.54, 1.807) is 12.1 Å². The number of halogens is 1. The summed E-state index contributed by atoms with van der Waals surface area (Å²) in [5.41, 5.74) is 12.5. The second-order valence-corrected chi connectivity index (χ2v) is 4.27. The minimum atomic E-state index is -0.284. The molecule has 0 unspecified atom stereocenters. The summed E-state index contributed by atoms with van der Waals surface area (Å²) in [6.07, 6.45) is 2.79. The van der Waals surface area contributed by atoms with Gasteiger partial charge in [-0.05, 0) is 17.7 Å². The van der Waals surface area contributed by atoms with Crippen LogP contribution in [0.1, 0.15) is 5.56 Å². The molecule has 1 heterocycles. The SMILES string of the molecule is N=C(N(O)c1cc(Cl)ccc1CN)n1cc(N)cn1. The molecule has 2 rings (SSSR count). The molecular formula is C11H13ClN6O. The van der Waals surface area contributed by atoms with E-state index in [1.807, 2.05) is 0 Å². The molecule has 0 saturated carbocycles. The predicted molar refractivity (Wildman–Crippen MR) is 73.4 cm³/mol. The van der Waals surface area contributed by atoms with E-state index >= 15 is 0 Å². The van der Waals surface area contributed by atoms with Crippen molar-refractivity contribution in [2.75, 3.05) is 10.8 Å². The number of hydrogen-bond donors (Lipinski definition) is 4. The zero-order chi connectivity index (χ0) is 14.0. The topological polar surface area (TPSA) is 117 Å². The molecule has 0 spiro atoms. The first-order valence-electron chi connectivity index (χ1n) is 5.39. The molecule has 1 aromatic carbocycles. The van der Waals surface area contributed by atoms with Crippen molar-refractivity contribution in [3.8, 4) is 0 Å². The molecule has 19 heavy (non-hydrogen) atoms. The second kappa shape index (κ2) is 5.27. The summed E-state index contributed by atoms with van der Waals surface area (Å²) in [6, 6.07) is 4.87. The van der Waals surface area contributed by atoms with Gasteiger partial charge in [-0.1, -0.05) is 17.7 Å². The summed E-state index contributed by atoms with van der Waals surface area (Å²) >= 11 is 5.88. The van der Waals surface area contributed by atoms with Gasteiger partial charge < -0.3 is 11.5 Å². The predicted octanol–water partition coefficient (Wildman–Crippen LogP) is 1.26. The Balaban J connectivity index is 2.36. The highest BCUT2D eigenvalue weighted by Gasteiger charge is 2.16. The van der Waals surface area contributed by atoms with Crippen LogP contribution in [0.25, 0.3) is 0 Å². The molecule has 0 aliphatic carbocycles. The first-order chi connectivity index (χ1) is 9.02. The van der Waals surface area contributed by atoms with Crippen LogP contribution in [0.2, 0.25) is 5.02 Å². The van der Waals surface area contributed by atoms with Crippen molar-refractivity contribution >= 4 is 28.9 Å². The maximum atomic E-state index is 10.1. The summed E-state index contributed by atoms with van der Waals surface area (Å²) in [4.78, 5) is 0. The number of aromatic nitrogens is 2. The summed E-state index contributed by atoms with van der Waals surface area (Å²) in [5.74, 6) is -0.284. The van der Waals surface area contributed by atoms with Crippen LogP contribution in [-0.2, 0) is 6.54 Å². The third-order valence-corrected chi connectivity index (χ3v) is 2.75. The molecule has 0 aliphatic heterocycles. The zero-order valence-corrected chi connectivity index (χ0v) is 10.7. The zero-order valence-electron chi connectivity index (χ0n) is 9.92. The van der Waals surface area contributed by atoms with Crippen molar-refractivity contribution in [2.24, 2.45) is 5.73 Å². The molecule has 100 valence electrons. The van der Waals surface area contributed by atoms with E-state index in [-0.39, 0.29) is 12.5 Å². The highest BCUT2D eigenvalue weighted by molar-refractivity contribution is 6.31. The lowest BCUT2D eigenvalue weighted by atomic mass is 10.2. The highest BCUT2D eigenvalue weighted by Crippen LogP contribution is 2.24. The van der Waals surface area contributed by atoms with Gasteiger partial charge in [-0.15, -0.1) is 0 Å². The van der Waals surface area contributed by atoms with E-state index < -0.39 is 0 Å². The van der Waals surface area contributed by atoms with Crippen molar-refractivity contribution < 1.29 is 5.21 Å². The smallest absolute Gasteiger partial charge is 0.248 e. The summed E-state index contributed by atoms with van der Waals surface area (Å²) in [6.45, 7) is 0.206. The number of nitrogen functional groups attached to an aromatic ring is 1. The van der Waals surface area contributed by atoms with E-state index in [0.29, 0.717) is 27.0 Å². The van der Waals surface area contributed by atoms with Crippen LogP contribution in [0.5, 0.6) is 0 Å². The van der Waals surface area contributed by atoms with Crippen molar-refractivity contribution in [3.63, 3.8) is 0 Å². The third kappa shape index (κ3) is 2.68. The van der Waals surface area contributed by atoms with Crippen LogP contribution < -0.4 is 16.5 Å². The van der Waals surface area contributed by atoms with Crippen LogP contribution in [0.4, 0.5) is 11.4 Å². The molecule has 0 fully saturated rings. The van der Waals surface area contributed by atoms with E-state index in [0.717, 1.165) is 4.68 Å². The van der Waals surface area contributed by atoms with Gasteiger partial charge in [0.2, 0.25) is 5.96 Å². The molecule has 0 aliphatic rings. The molecular weight excluding hydrogens is 268 g/mol. The number of hydrogen-bond acceptors (Lipinski definition) is 5. The molecule has 2 aromatic rings. The van der Waals surface area contributed by atoms with Crippen LogP contribution in [0.3, 0.4) is 0 Å². The number of hydroxylamine groups is 1. The first-order valence-corrected chi connectivity index (χ1v) is 5.77. The minimum Gasteiger partial charge on any atom is -0.396 e. The number of anilines is 2. The van der Waals surface area contributed by atoms with Crippen molar-refractivity contribution in [1.29, 1.82) is 5.41 Å². The van der Waals surface area contributed by atoms with E-state index in [4.69, 9.17) is 28.5 Å². The van der Waals surface area contributed by atoms with E-state index in [1.165, 1.54) is 18.5 Å². The highest BCUT2D eigenvalue weighted by atomic mass is 35.5. The maximum absolute atomic E-state index is 10.1. The quantitative estimate of drug-likeness (QED) is 0.375. The monoisotopic (exact) mass is 280 g/mol. The Morgan fingerprint density at radius 3 is 2.84 bits per heavy atom. The van der Waals surface area contributed by atoms with Crippen LogP contribution in [0.15, 0.2) is 30.6 Å². The molecule has 0 saturated heterocycles. The average Bonchev–Trinajstić information content (AvgIpc) is 2.83. The third-order valence-electron chi connectivity index (χ3n) is 2.52. The van der Waals surface area contributed by atoms with Crippen LogP contribution in [0, 0.1) is 5.41 Å². The number of benzene rings is 1. The number of nitrogens with zero attached hydrogens (tertiary/aromatic N) is 3. The maximum Gasteiger partial charge on any atom is 0.248 e. The minimum absolute atomic E-state index is 0.206. The molecule has 0 amide bonds. The Morgan fingerprint density at radius 1 is 1.53 bits per heavy atom. The van der Waals surface area contributed by atoms with Gasteiger partial charge in [-0.2, -0.15) is 10.2 Å². The number of nitrogens with two attached hydrogens (primary N) is 2. The van der Waals surface area contributed by atoms with Gasteiger partial charge in [0.1, 0.15) is 0 Å². The standard InChI is InChI=1S/C11H13ClN6O/c12-8-2-1-7(4-13)10(3-8)18(19)11(15)17-6-9(14)5-16-17/h1-3,5-6,15,19H,4,13-14H2. The summed E-state index contributed by atoms with van der Waals surface area (Å²) in [5, 5.41) is 22.9. The molecule has 8 heteroatoms. The lowest BCUT2D eigenvalue weighted by molar-refractivity contribution is 0.305. The summed E-state index contributed by atoms with van der Waals surface area (Å²) < 4.78 is 1.14. The van der Waals surface area contributed by atoms with Crippen LogP contribution >= 0.6 is 11.6 Å². The second-order valence-electron chi connectivity index (χ2n) is 3.83. The fraction of sp³-hybridized carbons (Fsp3) is 0.0909.